The summed E-state index contributed by atoms with van der Waals surface area (Å²) in [6.07, 6.45) is 3.10. The molecule has 3 rings (SSSR count). The molecule has 2 heterocycles. The average molecular weight is 332 g/mol. The van der Waals surface area contributed by atoms with Crippen molar-refractivity contribution < 1.29 is 9.53 Å². The van der Waals surface area contributed by atoms with Crippen LogP contribution in [0.1, 0.15) is 19.8 Å². The van der Waals surface area contributed by atoms with Crippen molar-refractivity contribution >= 4 is 23.5 Å². The van der Waals surface area contributed by atoms with E-state index in [9.17, 15) is 4.79 Å². The van der Waals surface area contributed by atoms with Gasteiger partial charge < -0.3 is 15.0 Å². The maximum absolute atomic E-state index is 12.3. The molecule has 7 heteroatoms. The number of ether oxygens (including phenoxy) is 1. The summed E-state index contributed by atoms with van der Waals surface area (Å²) in [6.45, 7) is 3.53. The second-order valence-corrected chi connectivity index (χ2v) is 6.17. The van der Waals surface area contributed by atoms with Crippen LogP contribution in [0.5, 0.6) is 5.75 Å². The molecule has 0 radical (unpaired) electrons. The number of hydrogen-bond acceptors (Lipinski definition) is 6. The molecule has 122 valence electrons. The summed E-state index contributed by atoms with van der Waals surface area (Å²) >= 11 is 1.22. The lowest BCUT2D eigenvalue weighted by molar-refractivity contribution is -0.128. The molecule has 6 nitrogen and oxygen atoms in total. The molecule has 1 saturated heterocycles. The van der Waals surface area contributed by atoms with E-state index >= 15 is 0 Å². The van der Waals surface area contributed by atoms with Gasteiger partial charge in [-0.1, -0.05) is 18.2 Å². The summed E-state index contributed by atoms with van der Waals surface area (Å²) < 4.78 is 13.9. The summed E-state index contributed by atoms with van der Waals surface area (Å²) in [4.78, 5) is 14.5. The molecule has 23 heavy (non-hydrogen) atoms. The highest BCUT2D eigenvalue weighted by Crippen LogP contribution is 2.18. The van der Waals surface area contributed by atoms with Crippen molar-refractivity contribution in [1.82, 2.24) is 14.1 Å². The summed E-state index contributed by atoms with van der Waals surface area (Å²) in [6, 6.07) is 9.59. The first-order valence-electron chi connectivity index (χ1n) is 7.77. The van der Waals surface area contributed by atoms with Gasteiger partial charge in [0.05, 0.1) is 17.9 Å². The van der Waals surface area contributed by atoms with Crippen LogP contribution in [0, 0.1) is 0 Å². The highest BCUT2D eigenvalue weighted by molar-refractivity contribution is 6.99. The maximum atomic E-state index is 12.3. The Morgan fingerprint density at radius 3 is 2.74 bits per heavy atom. The van der Waals surface area contributed by atoms with Gasteiger partial charge in [-0.25, -0.2) is 0 Å². The third-order valence-corrected chi connectivity index (χ3v) is 4.41. The highest BCUT2D eigenvalue weighted by Gasteiger charge is 2.24. The number of carbonyl (C=O) groups excluding carboxylic acids is 1. The number of amides is 1. The van der Waals surface area contributed by atoms with Gasteiger partial charge in [-0.05, 0) is 31.9 Å². The molecule has 1 amide bonds. The number of aromatic nitrogens is 2. The zero-order valence-electron chi connectivity index (χ0n) is 13.0. The van der Waals surface area contributed by atoms with Crippen LogP contribution in [-0.2, 0) is 4.79 Å². The van der Waals surface area contributed by atoms with Gasteiger partial charge in [0.15, 0.2) is 11.9 Å². The smallest absolute Gasteiger partial charge is 0.260 e. The van der Waals surface area contributed by atoms with Crippen LogP contribution in [0.4, 0.5) is 5.82 Å². The molecule has 0 saturated carbocycles. The average Bonchev–Trinajstić information content (AvgIpc) is 3.11. The van der Waals surface area contributed by atoms with E-state index in [4.69, 9.17) is 4.74 Å². The Balaban J connectivity index is 1.45. The minimum absolute atomic E-state index is 0.0670. The zero-order chi connectivity index (χ0) is 16.1. The Labute approximate surface area is 139 Å². The Morgan fingerprint density at radius 1 is 1.35 bits per heavy atom. The second-order valence-electron chi connectivity index (χ2n) is 5.61. The first-order chi connectivity index (χ1) is 11.2. The Morgan fingerprint density at radius 2 is 2.09 bits per heavy atom. The van der Waals surface area contributed by atoms with Gasteiger partial charge >= 0.3 is 0 Å². The lowest BCUT2D eigenvalue weighted by atomic mass is 10.0. The van der Waals surface area contributed by atoms with Crippen molar-refractivity contribution in [3.63, 3.8) is 0 Å². The predicted molar refractivity (Wildman–Crippen MR) is 89.8 cm³/mol. The fourth-order valence-electron chi connectivity index (χ4n) is 2.63. The minimum atomic E-state index is -0.502. The van der Waals surface area contributed by atoms with E-state index in [1.165, 1.54) is 11.7 Å². The molecule has 1 aromatic carbocycles. The number of hydrogen-bond donors (Lipinski definition) is 1. The second kappa shape index (κ2) is 7.41. The Kier molecular flexibility index (Phi) is 5.07. The number of nitrogens with one attached hydrogen (secondary N) is 1. The van der Waals surface area contributed by atoms with Crippen molar-refractivity contribution in [3.8, 4) is 5.75 Å². The van der Waals surface area contributed by atoms with Crippen LogP contribution < -0.4 is 15.0 Å². The number of carbonyl (C=O) groups is 1. The first-order valence-corrected chi connectivity index (χ1v) is 8.50. The summed E-state index contributed by atoms with van der Waals surface area (Å²) in [7, 11) is 0. The molecule has 1 aliphatic rings. The highest BCUT2D eigenvalue weighted by atomic mass is 32.1. The van der Waals surface area contributed by atoms with Crippen LogP contribution in [-0.4, -0.2) is 39.9 Å². The monoisotopic (exact) mass is 332 g/mol. The number of benzene rings is 1. The summed E-state index contributed by atoms with van der Waals surface area (Å²) in [5, 5.41) is 3.08. The van der Waals surface area contributed by atoms with Crippen LogP contribution in [0.3, 0.4) is 0 Å². The molecule has 2 aromatic rings. The summed E-state index contributed by atoms with van der Waals surface area (Å²) in [5.41, 5.74) is 0. The molecule has 1 unspecified atom stereocenters. The predicted octanol–water partition coefficient (Wildman–Crippen LogP) is 2.09. The van der Waals surface area contributed by atoms with Gasteiger partial charge in [0.1, 0.15) is 5.75 Å². The molecule has 0 aliphatic carbocycles. The normalized spacial score (nSPS) is 16.8. The number of anilines is 1. The molecule has 1 aliphatic heterocycles. The van der Waals surface area contributed by atoms with E-state index in [2.05, 4.69) is 19.0 Å². The van der Waals surface area contributed by atoms with E-state index in [-0.39, 0.29) is 11.9 Å². The van der Waals surface area contributed by atoms with Crippen molar-refractivity contribution in [1.29, 1.82) is 0 Å². The lowest BCUT2D eigenvalue weighted by Gasteiger charge is -2.32. The van der Waals surface area contributed by atoms with Crippen molar-refractivity contribution in [2.75, 3.05) is 18.0 Å². The Hall–Kier alpha value is -2.15. The van der Waals surface area contributed by atoms with E-state index in [0.717, 1.165) is 31.7 Å². The van der Waals surface area contributed by atoms with E-state index in [1.54, 1.807) is 13.1 Å². The zero-order valence-corrected chi connectivity index (χ0v) is 13.8. The molecule has 1 aromatic heterocycles. The molecular formula is C16H20N4O2S. The van der Waals surface area contributed by atoms with Crippen LogP contribution in [0.2, 0.25) is 0 Å². The third-order valence-electron chi connectivity index (χ3n) is 3.94. The van der Waals surface area contributed by atoms with Gasteiger partial charge in [0.2, 0.25) is 0 Å². The molecule has 0 spiro atoms. The van der Waals surface area contributed by atoms with E-state index in [1.807, 2.05) is 30.3 Å². The third kappa shape index (κ3) is 4.19. The largest absolute Gasteiger partial charge is 0.481 e. The molecule has 0 bridgehead atoms. The fourth-order valence-corrected chi connectivity index (χ4v) is 3.06. The van der Waals surface area contributed by atoms with E-state index < -0.39 is 6.10 Å². The van der Waals surface area contributed by atoms with Crippen molar-refractivity contribution in [2.24, 2.45) is 0 Å². The van der Waals surface area contributed by atoms with Gasteiger partial charge in [-0.15, -0.1) is 0 Å². The topological polar surface area (TPSA) is 67.3 Å². The SMILES string of the molecule is CC(Oc1ccccc1)C(=O)NC1CCN(c2cnsn2)CC1. The lowest BCUT2D eigenvalue weighted by Crippen LogP contribution is -2.48. The quantitative estimate of drug-likeness (QED) is 0.908. The number of nitrogens with zero attached hydrogens (tertiary/aromatic N) is 3. The number of para-hydroxylation sites is 1. The van der Waals surface area contributed by atoms with Gasteiger partial charge in [0, 0.05) is 19.1 Å². The number of piperidine rings is 1. The van der Waals surface area contributed by atoms with Crippen LogP contribution in [0.15, 0.2) is 36.5 Å². The maximum Gasteiger partial charge on any atom is 0.260 e. The molecule has 1 N–H and O–H groups in total. The summed E-state index contributed by atoms with van der Waals surface area (Å²) in [5.74, 6) is 1.57. The van der Waals surface area contributed by atoms with Gasteiger partial charge in [-0.2, -0.15) is 8.75 Å². The standard InChI is InChI=1S/C16H20N4O2S/c1-12(22-14-5-3-2-4-6-14)16(21)18-13-7-9-20(10-8-13)15-11-17-23-19-15/h2-6,11-13H,7-10H2,1H3,(H,18,21). The Bertz CT molecular complexity index is 612. The fraction of sp³-hybridized carbons (Fsp3) is 0.438. The van der Waals surface area contributed by atoms with E-state index in [0.29, 0.717) is 5.75 Å². The minimum Gasteiger partial charge on any atom is -0.481 e. The number of rotatable bonds is 5. The van der Waals surface area contributed by atoms with Crippen LogP contribution >= 0.6 is 11.7 Å². The van der Waals surface area contributed by atoms with Gasteiger partial charge in [0.25, 0.3) is 5.91 Å². The van der Waals surface area contributed by atoms with Crippen LogP contribution in [0.25, 0.3) is 0 Å². The first kappa shape index (κ1) is 15.7. The van der Waals surface area contributed by atoms with Crippen molar-refractivity contribution in [2.45, 2.75) is 31.9 Å². The molecule has 1 fully saturated rings. The van der Waals surface area contributed by atoms with Gasteiger partial charge in [-0.3, -0.25) is 4.79 Å². The molecular weight excluding hydrogens is 312 g/mol. The van der Waals surface area contributed by atoms with Crippen molar-refractivity contribution in [3.05, 3.63) is 36.5 Å². The molecule has 1 atom stereocenters.